The van der Waals surface area contributed by atoms with Crippen LogP contribution in [0, 0.1) is 13.8 Å². The van der Waals surface area contributed by atoms with Crippen molar-refractivity contribution in [1.29, 1.82) is 0 Å². The second-order valence-electron chi connectivity index (χ2n) is 3.70. The Bertz CT molecular complexity index is 431. The van der Waals surface area contributed by atoms with Crippen LogP contribution < -0.4 is 5.32 Å². The second kappa shape index (κ2) is 5.07. The highest BCUT2D eigenvalue weighted by molar-refractivity contribution is 7.09. The number of aromatic nitrogens is 2. The first-order chi connectivity index (χ1) is 7.74. The lowest BCUT2D eigenvalue weighted by atomic mass is 10.3. The van der Waals surface area contributed by atoms with E-state index in [0.29, 0.717) is 0 Å². The summed E-state index contributed by atoms with van der Waals surface area (Å²) in [6, 6.07) is 6.21. The molecule has 0 aliphatic rings. The molecule has 0 aliphatic carbocycles. The Balaban J connectivity index is 1.89. The summed E-state index contributed by atoms with van der Waals surface area (Å²) in [5.41, 5.74) is 1.01. The molecule has 84 valence electrons. The molecule has 16 heavy (non-hydrogen) atoms. The lowest BCUT2D eigenvalue weighted by Gasteiger charge is -2.06. The Labute approximate surface area is 99.6 Å². The molecule has 2 rings (SSSR count). The Morgan fingerprint density at radius 3 is 2.88 bits per heavy atom. The maximum Gasteiger partial charge on any atom is 0.129 e. The second-order valence-corrected chi connectivity index (χ2v) is 4.73. The van der Waals surface area contributed by atoms with Crippen molar-refractivity contribution in [3.63, 3.8) is 0 Å². The van der Waals surface area contributed by atoms with E-state index in [1.54, 1.807) is 11.3 Å². The van der Waals surface area contributed by atoms with E-state index >= 15 is 0 Å². The first-order valence-electron chi connectivity index (χ1n) is 5.32. The molecule has 3 nitrogen and oxygen atoms in total. The van der Waals surface area contributed by atoms with Crippen LogP contribution in [0.3, 0.4) is 0 Å². The molecule has 0 aliphatic heterocycles. The van der Waals surface area contributed by atoms with Gasteiger partial charge in [-0.25, -0.2) is 9.97 Å². The number of thiophene rings is 1. The molecular weight excluding hydrogens is 218 g/mol. The lowest BCUT2D eigenvalue weighted by molar-refractivity contribution is 0.975. The third-order valence-corrected chi connectivity index (χ3v) is 3.16. The van der Waals surface area contributed by atoms with Gasteiger partial charge >= 0.3 is 0 Å². The molecule has 0 atom stereocenters. The topological polar surface area (TPSA) is 37.8 Å². The van der Waals surface area contributed by atoms with Crippen LogP contribution in [0.2, 0.25) is 0 Å². The summed E-state index contributed by atoms with van der Waals surface area (Å²) in [7, 11) is 0. The van der Waals surface area contributed by atoms with Gasteiger partial charge in [0.15, 0.2) is 0 Å². The van der Waals surface area contributed by atoms with Crippen LogP contribution in [0.15, 0.2) is 23.6 Å². The molecule has 2 aromatic rings. The predicted octanol–water partition coefficient (Wildman–Crippen LogP) is 2.81. The van der Waals surface area contributed by atoms with E-state index < -0.39 is 0 Å². The lowest BCUT2D eigenvalue weighted by Crippen LogP contribution is -2.07. The fourth-order valence-corrected chi connectivity index (χ4v) is 2.29. The largest absolute Gasteiger partial charge is 0.370 e. The fourth-order valence-electron chi connectivity index (χ4n) is 1.58. The van der Waals surface area contributed by atoms with Crippen LogP contribution in [0.5, 0.6) is 0 Å². The minimum Gasteiger partial charge on any atom is -0.370 e. The van der Waals surface area contributed by atoms with Crippen LogP contribution in [-0.2, 0) is 6.42 Å². The summed E-state index contributed by atoms with van der Waals surface area (Å²) >= 11 is 1.79. The van der Waals surface area contributed by atoms with Gasteiger partial charge in [0, 0.05) is 23.2 Å². The maximum atomic E-state index is 4.33. The molecule has 0 amide bonds. The predicted molar refractivity (Wildman–Crippen MR) is 68.0 cm³/mol. The van der Waals surface area contributed by atoms with Crippen LogP contribution >= 0.6 is 11.3 Å². The molecule has 2 aromatic heterocycles. The standard InChI is InChI=1S/C12H15N3S/c1-9-8-12(15-10(2)14-9)13-6-5-11-4-3-7-16-11/h3-4,7-8H,5-6H2,1-2H3,(H,13,14,15). The zero-order chi connectivity index (χ0) is 11.4. The fraction of sp³-hybridized carbons (Fsp3) is 0.333. The molecule has 0 saturated carbocycles. The third kappa shape index (κ3) is 3.03. The van der Waals surface area contributed by atoms with Gasteiger partial charge in [0.05, 0.1) is 0 Å². The number of nitrogens with one attached hydrogen (secondary N) is 1. The number of hydrogen-bond acceptors (Lipinski definition) is 4. The van der Waals surface area contributed by atoms with Crippen molar-refractivity contribution in [2.24, 2.45) is 0 Å². The number of hydrogen-bond donors (Lipinski definition) is 1. The zero-order valence-corrected chi connectivity index (χ0v) is 10.3. The van der Waals surface area contributed by atoms with E-state index in [0.717, 1.165) is 30.3 Å². The van der Waals surface area contributed by atoms with Gasteiger partial charge < -0.3 is 5.32 Å². The molecule has 0 spiro atoms. The van der Waals surface area contributed by atoms with Gasteiger partial charge in [-0.05, 0) is 31.7 Å². The van der Waals surface area contributed by atoms with Gasteiger partial charge in [0.1, 0.15) is 11.6 Å². The summed E-state index contributed by atoms with van der Waals surface area (Å²) < 4.78 is 0. The molecular formula is C12H15N3S. The molecule has 2 heterocycles. The Morgan fingerprint density at radius 1 is 1.31 bits per heavy atom. The normalized spacial score (nSPS) is 10.4. The highest BCUT2D eigenvalue weighted by Crippen LogP contribution is 2.10. The van der Waals surface area contributed by atoms with Crippen LogP contribution in [0.1, 0.15) is 16.4 Å². The minimum absolute atomic E-state index is 0.818. The highest BCUT2D eigenvalue weighted by Gasteiger charge is 1.98. The van der Waals surface area contributed by atoms with Crippen molar-refractivity contribution in [1.82, 2.24) is 9.97 Å². The molecule has 0 radical (unpaired) electrons. The maximum absolute atomic E-state index is 4.33. The molecule has 0 unspecified atom stereocenters. The summed E-state index contributed by atoms with van der Waals surface area (Å²) in [6.07, 6.45) is 1.04. The van der Waals surface area contributed by atoms with Crippen molar-refractivity contribution >= 4 is 17.2 Å². The SMILES string of the molecule is Cc1cc(NCCc2cccs2)nc(C)n1. The highest BCUT2D eigenvalue weighted by atomic mass is 32.1. The number of nitrogens with zero attached hydrogens (tertiary/aromatic N) is 2. The van der Waals surface area contributed by atoms with Crippen LogP contribution in [0.4, 0.5) is 5.82 Å². The molecule has 0 bridgehead atoms. The van der Waals surface area contributed by atoms with Crippen LogP contribution in [-0.4, -0.2) is 16.5 Å². The van der Waals surface area contributed by atoms with E-state index in [4.69, 9.17) is 0 Å². The number of rotatable bonds is 4. The van der Waals surface area contributed by atoms with Crippen molar-refractivity contribution < 1.29 is 0 Å². The van der Waals surface area contributed by atoms with E-state index in [2.05, 4.69) is 32.8 Å². The quantitative estimate of drug-likeness (QED) is 0.882. The van der Waals surface area contributed by atoms with Gasteiger partial charge in [0.2, 0.25) is 0 Å². The number of aryl methyl sites for hydroxylation is 2. The van der Waals surface area contributed by atoms with Gasteiger partial charge in [0.25, 0.3) is 0 Å². The Hall–Kier alpha value is -1.42. The smallest absolute Gasteiger partial charge is 0.129 e. The molecule has 0 saturated heterocycles. The Morgan fingerprint density at radius 2 is 2.19 bits per heavy atom. The van der Waals surface area contributed by atoms with E-state index in [9.17, 15) is 0 Å². The average Bonchev–Trinajstić information content (AvgIpc) is 2.69. The van der Waals surface area contributed by atoms with Crippen molar-refractivity contribution in [3.8, 4) is 0 Å². The summed E-state index contributed by atoms with van der Waals surface area (Å²) in [5, 5.41) is 5.43. The van der Waals surface area contributed by atoms with Crippen molar-refractivity contribution in [2.45, 2.75) is 20.3 Å². The van der Waals surface area contributed by atoms with Crippen molar-refractivity contribution in [3.05, 3.63) is 40.0 Å². The minimum atomic E-state index is 0.818. The monoisotopic (exact) mass is 233 g/mol. The van der Waals surface area contributed by atoms with Gasteiger partial charge in [-0.1, -0.05) is 6.07 Å². The third-order valence-electron chi connectivity index (χ3n) is 2.22. The molecule has 0 aromatic carbocycles. The van der Waals surface area contributed by atoms with E-state index in [-0.39, 0.29) is 0 Å². The Kier molecular flexibility index (Phi) is 3.51. The van der Waals surface area contributed by atoms with Gasteiger partial charge in [-0.2, -0.15) is 0 Å². The average molecular weight is 233 g/mol. The van der Waals surface area contributed by atoms with Crippen LogP contribution in [0.25, 0.3) is 0 Å². The van der Waals surface area contributed by atoms with E-state index in [1.807, 2.05) is 19.9 Å². The summed E-state index contributed by atoms with van der Waals surface area (Å²) in [6.45, 7) is 4.81. The molecule has 4 heteroatoms. The molecule has 1 N–H and O–H groups in total. The first-order valence-corrected chi connectivity index (χ1v) is 6.20. The number of anilines is 1. The van der Waals surface area contributed by atoms with Crippen molar-refractivity contribution in [2.75, 3.05) is 11.9 Å². The molecule has 0 fully saturated rings. The first kappa shape index (κ1) is 11.1. The van der Waals surface area contributed by atoms with Gasteiger partial charge in [-0.15, -0.1) is 11.3 Å². The summed E-state index contributed by atoms with van der Waals surface area (Å²) in [4.78, 5) is 9.98. The van der Waals surface area contributed by atoms with E-state index in [1.165, 1.54) is 4.88 Å². The summed E-state index contributed by atoms with van der Waals surface area (Å²) in [5.74, 6) is 1.74. The van der Waals surface area contributed by atoms with Gasteiger partial charge in [-0.3, -0.25) is 0 Å². The zero-order valence-electron chi connectivity index (χ0n) is 9.53.